The van der Waals surface area contributed by atoms with Gasteiger partial charge in [-0.15, -0.1) is 24.0 Å². The second-order valence-electron chi connectivity index (χ2n) is 8.17. The van der Waals surface area contributed by atoms with Gasteiger partial charge in [0.15, 0.2) is 5.96 Å². The minimum absolute atomic E-state index is 0. The third kappa shape index (κ3) is 7.97. The number of guanidine groups is 1. The Kier molecular flexibility index (Phi) is 10.9. The van der Waals surface area contributed by atoms with Crippen LogP contribution in [0.15, 0.2) is 29.3 Å². The second-order valence-corrected chi connectivity index (χ2v) is 8.17. The molecule has 1 aromatic carbocycles. The van der Waals surface area contributed by atoms with Crippen molar-refractivity contribution >= 4 is 35.8 Å². The van der Waals surface area contributed by atoms with Crippen LogP contribution in [0.25, 0.3) is 0 Å². The topological polar surface area (TPSA) is 56.7 Å². The Balaban J connectivity index is 0.00000392. The lowest BCUT2D eigenvalue weighted by Crippen LogP contribution is -2.46. The molecule has 1 fully saturated rings. The first-order chi connectivity index (χ1) is 12.9. The molecule has 2 N–H and O–H groups in total. The van der Waals surface area contributed by atoms with Crippen LogP contribution in [0.2, 0.25) is 0 Å². The van der Waals surface area contributed by atoms with E-state index in [1.165, 1.54) is 19.3 Å². The lowest BCUT2D eigenvalue weighted by Gasteiger charge is -2.32. The number of hydrogen-bond acceptors (Lipinski definition) is 2. The van der Waals surface area contributed by atoms with Crippen molar-refractivity contribution in [2.24, 2.45) is 16.8 Å². The van der Waals surface area contributed by atoms with Crippen LogP contribution in [0.5, 0.6) is 0 Å². The predicted octanol–water partition coefficient (Wildman–Crippen LogP) is 3.93. The van der Waals surface area contributed by atoms with Crippen molar-refractivity contribution < 1.29 is 4.79 Å². The number of nitrogens with one attached hydrogen (secondary N) is 2. The molecule has 28 heavy (non-hydrogen) atoms. The highest BCUT2D eigenvalue weighted by atomic mass is 127. The van der Waals surface area contributed by atoms with E-state index in [0.29, 0.717) is 12.6 Å². The van der Waals surface area contributed by atoms with E-state index in [4.69, 9.17) is 4.99 Å². The van der Waals surface area contributed by atoms with E-state index in [9.17, 15) is 4.79 Å². The maximum absolute atomic E-state index is 12.1. The van der Waals surface area contributed by atoms with Crippen molar-refractivity contribution in [2.45, 2.75) is 52.5 Å². The standard InChI is InChI=1S/C22H36N4O.HI/c1-6-23-22(25-20-13-16(2)12-17(3)14-20)24-11-10-18-8-7-9-19(15-18)21(27)26(4)5;/h7-9,15-17,20H,6,10-14H2,1-5H3,(H2,23,24,25);1H. The summed E-state index contributed by atoms with van der Waals surface area (Å²) < 4.78 is 0. The van der Waals surface area contributed by atoms with Crippen LogP contribution in [-0.4, -0.2) is 50.0 Å². The van der Waals surface area contributed by atoms with Crippen LogP contribution in [0.3, 0.4) is 0 Å². The van der Waals surface area contributed by atoms with Crippen LogP contribution < -0.4 is 10.6 Å². The molecule has 1 aliphatic rings. The van der Waals surface area contributed by atoms with Crippen LogP contribution in [0, 0.1) is 11.8 Å². The summed E-state index contributed by atoms with van der Waals surface area (Å²) in [6, 6.07) is 8.36. The van der Waals surface area contributed by atoms with Gasteiger partial charge in [-0.25, -0.2) is 0 Å². The highest BCUT2D eigenvalue weighted by molar-refractivity contribution is 14.0. The quantitative estimate of drug-likeness (QED) is 0.354. The molecule has 0 saturated heterocycles. The molecule has 2 unspecified atom stereocenters. The molecule has 5 nitrogen and oxygen atoms in total. The molecule has 0 heterocycles. The first-order valence-electron chi connectivity index (χ1n) is 10.2. The van der Waals surface area contributed by atoms with Crippen molar-refractivity contribution in [1.29, 1.82) is 0 Å². The minimum atomic E-state index is 0. The summed E-state index contributed by atoms with van der Waals surface area (Å²) >= 11 is 0. The Morgan fingerprint density at radius 1 is 1.18 bits per heavy atom. The number of hydrogen-bond donors (Lipinski definition) is 2. The summed E-state index contributed by atoms with van der Waals surface area (Å²) in [7, 11) is 3.56. The van der Waals surface area contributed by atoms with E-state index in [-0.39, 0.29) is 29.9 Å². The number of aliphatic imine (C=N–C) groups is 1. The number of carbonyl (C=O) groups excluding carboxylic acids is 1. The molecular formula is C22H37IN4O. The summed E-state index contributed by atoms with van der Waals surface area (Å²) in [5, 5.41) is 7.00. The summed E-state index contributed by atoms with van der Waals surface area (Å²) in [5.74, 6) is 2.48. The van der Waals surface area contributed by atoms with Gasteiger partial charge in [0, 0.05) is 38.8 Å². The highest BCUT2D eigenvalue weighted by Crippen LogP contribution is 2.28. The normalized spacial score (nSPS) is 22.2. The maximum Gasteiger partial charge on any atom is 0.253 e. The average molecular weight is 500 g/mol. The minimum Gasteiger partial charge on any atom is -0.357 e. The smallest absolute Gasteiger partial charge is 0.253 e. The van der Waals surface area contributed by atoms with E-state index >= 15 is 0 Å². The van der Waals surface area contributed by atoms with E-state index in [1.54, 1.807) is 19.0 Å². The Bertz CT molecular complexity index is 637. The largest absolute Gasteiger partial charge is 0.357 e. The van der Waals surface area contributed by atoms with Gasteiger partial charge in [-0.2, -0.15) is 0 Å². The number of benzene rings is 1. The molecule has 1 aromatic rings. The van der Waals surface area contributed by atoms with Gasteiger partial charge in [-0.1, -0.05) is 26.0 Å². The zero-order chi connectivity index (χ0) is 19.8. The molecule has 0 spiro atoms. The molecule has 2 rings (SSSR count). The van der Waals surface area contributed by atoms with Crippen LogP contribution in [0.4, 0.5) is 0 Å². The number of carbonyl (C=O) groups is 1. The molecule has 158 valence electrons. The Morgan fingerprint density at radius 2 is 1.86 bits per heavy atom. The summed E-state index contributed by atoms with van der Waals surface area (Å²) in [6.45, 7) is 8.34. The highest BCUT2D eigenvalue weighted by Gasteiger charge is 2.24. The zero-order valence-corrected chi connectivity index (χ0v) is 20.3. The first kappa shape index (κ1) is 24.7. The molecular weight excluding hydrogens is 463 g/mol. The van der Waals surface area contributed by atoms with Gasteiger partial charge in [-0.3, -0.25) is 9.79 Å². The number of nitrogens with zero attached hydrogens (tertiary/aromatic N) is 2. The van der Waals surface area contributed by atoms with Gasteiger partial charge >= 0.3 is 0 Å². The van der Waals surface area contributed by atoms with Gasteiger partial charge in [0.05, 0.1) is 0 Å². The van der Waals surface area contributed by atoms with Crippen molar-refractivity contribution in [3.8, 4) is 0 Å². The monoisotopic (exact) mass is 500 g/mol. The van der Waals surface area contributed by atoms with E-state index in [2.05, 4.69) is 37.5 Å². The van der Waals surface area contributed by atoms with E-state index < -0.39 is 0 Å². The zero-order valence-electron chi connectivity index (χ0n) is 18.0. The van der Waals surface area contributed by atoms with Crippen LogP contribution in [-0.2, 0) is 6.42 Å². The average Bonchev–Trinajstić information content (AvgIpc) is 2.60. The molecule has 1 amide bonds. The maximum atomic E-state index is 12.1. The Labute approximate surface area is 187 Å². The van der Waals surface area contributed by atoms with Crippen molar-refractivity contribution in [3.05, 3.63) is 35.4 Å². The van der Waals surface area contributed by atoms with Crippen LogP contribution >= 0.6 is 24.0 Å². The van der Waals surface area contributed by atoms with Crippen molar-refractivity contribution in [3.63, 3.8) is 0 Å². The molecule has 2 atom stereocenters. The molecule has 6 heteroatoms. The fourth-order valence-electron chi connectivity index (χ4n) is 3.99. The lowest BCUT2D eigenvalue weighted by molar-refractivity contribution is 0.0827. The molecule has 1 saturated carbocycles. The lowest BCUT2D eigenvalue weighted by atomic mass is 9.80. The molecule has 0 aromatic heterocycles. The third-order valence-corrected chi connectivity index (χ3v) is 5.11. The summed E-state index contributed by atoms with van der Waals surface area (Å²) in [5.41, 5.74) is 1.87. The Hall–Kier alpha value is -1.31. The van der Waals surface area contributed by atoms with E-state index in [1.807, 2.05) is 18.2 Å². The third-order valence-electron chi connectivity index (χ3n) is 5.11. The number of rotatable bonds is 6. The Morgan fingerprint density at radius 3 is 2.46 bits per heavy atom. The molecule has 1 aliphatic carbocycles. The fraction of sp³-hybridized carbons (Fsp3) is 0.636. The van der Waals surface area contributed by atoms with Gasteiger partial charge in [-0.05, 0) is 62.1 Å². The van der Waals surface area contributed by atoms with Crippen molar-refractivity contribution in [2.75, 3.05) is 27.2 Å². The SMILES string of the molecule is CCNC(=NCCc1cccc(C(=O)N(C)C)c1)NC1CC(C)CC(C)C1.I. The fourth-order valence-corrected chi connectivity index (χ4v) is 3.99. The summed E-state index contributed by atoms with van der Waals surface area (Å²) in [4.78, 5) is 18.5. The number of amides is 1. The van der Waals surface area contributed by atoms with Gasteiger partial charge in [0.2, 0.25) is 0 Å². The molecule has 0 radical (unpaired) electrons. The summed E-state index contributed by atoms with van der Waals surface area (Å²) in [6.07, 6.45) is 4.57. The van der Waals surface area contributed by atoms with Gasteiger partial charge in [0.1, 0.15) is 0 Å². The number of halogens is 1. The molecule has 0 aliphatic heterocycles. The van der Waals surface area contributed by atoms with Gasteiger partial charge in [0.25, 0.3) is 5.91 Å². The molecule has 0 bridgehead atoms. The van der Waals surface area contributed by atoms with Gasteiger partial charge < -0.3 is 15.5 Å². The van der Waals surface area contributed by atoms with Crippen molar-refractivity contribution in [1.82, 2.24) is 15.5 Å². The predicted molar refractivity (Wildman–Crippen MR) is 129 cm³/mol. The van der Waals surface area contributed by atoms with E-state index in [0.717, 1.165) is 41.9 Å². The van der Waals surface area contributed by atoms with Crippen LogP contribution in [0.1, 0.15) is 56.0 Å². The first-order valence-corrected chi connectivity index (χ1v) is 10.2. The second kappa shape index (κ2) is 12.3.